The lowest BCUT2D eigenvalue weighted by Gasteiger charge is -2.33. The Morgan fingerprint density at radius 3 is 2.23 bits per heavy atom. The molecule has 5 nitrogen and oxygen atoms in total. The normalized spacial score (nSPS) is 15.8. The molecule has 1 aromatic carbocycles. The summed E-state index contributed by atoms with van der Waals surface area (Å²) < 4.78 is 37.5. The summed E-state index contributed by atoms with van der Waals surface area (Å²) in [5, 5.41) is 5.49. The van der Waals surface area contributed by atoms with Crippen molar-refractivity contribution in [1.82, 2.24) is 15.5 Å². The van der Waals surface area contributed by atoms with Crippen LogP contribution in [0.3, 0.4) is 0 Å². The van der Waals surface area contributed by atoms with Crippen LogP contribution < -0.4 is 10.6 Å². The lowest BCUT2D eigenvalue weighted by Crippen LogP contribution is -2.49. The molecular formula is C18H24F3N3O2. The second-order valence-electron chi connectivity index (χ2n) is 6.78. The van der Waals surface area contributed by atoms with E-state index in [0.717, 1.165) is 12.1 Å². The second-order valence-corrected chi connectivity index (χ2v) is 6.78. The number of nitrogens with zero attached hydrogens (tertiary/aromatic N) is 1. The van der Waals surface area contributed by atoms with Crippen molar-refractivity contribution >= 4 is 11.9 Å². The van der Waals surface area contributed by atoms with E-state index in [1.807, 2.05) is 18.7 Å². The summed E-state index contributed by atoms with van der Waals surface area (Å²) in [4.78, 5) is 25.7. The number of rotatable bonds is 4. The number of likely N-dealkylation sites (tertiary alicyclic amines) is 1. The Morgan fingerprint density at radius 2 is 1.73 bits per heavy atom. The van der Waals surface area contributed by atoms with Crippen LogP contribution in [0.2, 0.25) is 0 Å². The number of carbonyl (C=O) groups is 2. The third-order valence-corrected chi connectivity index (χ3v) is 4.37. The maximum atomic E-state index is 12.5. The third-order valence-electron chi connectivity index (χ3n) is 4.37. The van der Waals surface area contributed by atoms with Crippen molar-refractivity contribution in [3.05, 3.63) is 35.4 Å². The second kappa shape index (κ2) is 8.42. The number of urea groups is 1. The number of nitrogens with one attached hydrogen (secondary N) is 2. The smallest absolute Gasteiger partial charge is 0.342 e. The van der Waals surface area contributed by atoms with Crippen LogP contribution in [0.15, 0.2) is 24.3 Å². The van der Waals surface area contributed by atoms with Gasteiger partial charge in [-0.2, -0.15) is 13.2 Å². The van der Waals surface area contributed by atoms with E-state index in [0.29, 0.717) is 31.5 Å². The number of carbonyl (C=O) groups excluding carboxylic acids is 2. The molecule has 8 heteroatoms. The van der Waals surface area contributed by atoms with Crippen molar-refractivity contribution < 1.29 is 22.8 Å². The first-order valence-corrected chi connectivity index (χ1v) is 8.66. The summed E-state index contributed by atoms with van der Waals surface area (Å²) >= 11 is 0. The van der Waals surface area contributed by atoms with Crippen molar-refractivity contribution in [1.29, 1.82) is 0 Å². The van der Waals surface area contributed by atoms with Crippen LogP contribution in [-0.4, -0.2) is 36.0 Å². The summed E-state index contributed by atoms with van der Waals surface area (Å²) in [5.41, 5.74) is -0.126. The molecule has 1 heterocycles. The topological polar surface area (TPSA) is 61.4 Å². The van der Waals surface area contributed by atoms with Crippen molar-refractivity contribution in [2.24, 2.45) is 5.92 Å². The predicted molar refractivity (Wildman–Crippen MR) is 91.3 cm³/mol. The van der Waals surface area contributed by atoms with Gasteiger partial charge in [0, 0.05) is 31.6 Å². The predicted octanol–water partition coefficient (Wildman–Crippen LogP) is 3.15. The number of hydrogen-bond acceptors (Lipinski definition) is 2. The maximum absolute atomic E-state index is 12.5. The Morgan fingerprint density at radius 1 is 1.15 bits per heavy atom. The fraction of sp³-hybridized carbons (Fsp3) is 0.556. The highest BCUT2D eigenvalue weighted by Crippen LogP contribution is 2.29. The van der Waals surface area contributed by atoms with Crippen molar-refractivity contribution in [2.45, 2.75) is 45.5 Å². The Balaban J connectivity index is 1.74. The molecule has 0 radical (unpaired) electrons. The molecule has 0 unspecified atom stereocenters. The summed E-state index contributed by atoms with van der Waals surface area (Å²) in [6.07, 6.45) is -2.99. The molecule has 0 atom stereocenters. The Hall–Kier alpha value is -2.25. The summed E-state index contributed by atoms with van der Waals surface area (Å²) in [6, 6.07) is 4.31. The SMILES string of the molecule is CC(C)C(=O)N1CCC(NC(=O)NCc2ccc(C(F)(F)F)cc2)CC1. The fourth-order valence-electron chi connectivity index (χ4n) is 2.84. The van der Waals surface area contributed by atoms with Gasteiger partial charge in [-0.15, -0.1) is 0 Å². The molecule has 0 saturated carbocycles. The molecule has 144 valence electrons. The fourth-order valence-corrected chi connectivity index (χ4v) is 2.84. The zero-order valence-electron chi connectivity index (χ0n) is 14.9. The highest BCUT2D eigenvalue weighted by Gasteiger charge is 2.30. The minimum atomic E-state index is -4.37. The van der Waals surface area contributed by atoms with Crippen molar-refractivity contribution in [3.8, 4) is 0 Å². The molecule has 1 aliphatic rings. The van der Waals surface area contributed by atoms with Gasteiger partial charge in [-0.05, 0) is 30.5 Å². The van der Waals surface area contributed by atoms with E-state index in [1.165, 1.54) is 12.1 Å². The third kappa shape index (κ3) is 5.64. The lowest BCUT2D eigenvalue weighted by atomic mass is 10.0. The highest BCUT2D eigenvalue weighted by molar-refractivity contribution is 5.78. The molecule has 0 bridgehead atoms. The van der Waals surface area contributed by atoms with Gasteiger partial charge in [0.15, 0.2) is 0 Å². The zero-order chi connectivity index (χ0) is 19.3. The standard InChI is InChI=1S/C18H24F3N3O2/c1-12(2)16(25)24-9-7-15(8-10-24)23-17(26)22-11-13-3-5-14(6-4-13)18(19,20)21/h3-6,12,15H,7-11H2,1-2H3,(H2,22,23,26). The number of alkyl halides is 3. The van der Waals surface area contributed by atoms with Crippen LogP contribution in [0.5, 0.6) is 0 Å². The molecule has 1 saturated heterocycles. The number of halogens is 3. The van der Waals surface area contributed by atoms with Gasteiger partial charge >= 0.3 is 12.2 Å². The molecule has 1 aliphatic heterocycles. The summed E-state index contributed by atoms with van der Waals surface area (Å²) in [7, 11) is 0. The molecule has 0 spiro atoms. The lowest BCUT2D eigenvalue weighted by molar-refractivity contribution is -0.137. The molecule has 0 aliphatic carbocycles. The summed E-state index contributed by atoms with van der Waals surface area (Å²) in [6.45, 7) is 5.10. The van der Waals surface area contributed by atoms with Gasteiger partial charge in [-0.1, -0.05) is 26.0 Å². The van der Waals surface area contributed by atoms with Gasteiger partial charge in [-0.3, -0.25) is 4.79 Å². The Bertz CT molecular complexity index is 622. The first-order chi connectivity index (χ1) is 12.2. The monoisotopic (exact) mass is 371 g/mol. The van der Waals surface area contributed by atoms with E-state index in [2.05, 4.69) is 10.6 Å². The van der Waals surface area contributed by atoms with E-state index in [9.17, 15) is 22.8 Å². The maximum Gasteiger partial charge on any atom is 0.416 e. The van der Waals surface area contributed by atoms with E-state index >= 15 is 0 Å². The Kier molecular flexibility index (Phi) is 6.50. The number of hydrogen-bond donors (Lipinski definition) is 2. The van der Waals surface area contributed by atoms with Crippen LogP contribution in [0.4, 0.5) is 18.0 Å². The van der Waals surface area contributed by atoms with Gasteiger partial charge in [0.2, 0.25) is 5.91 Å². The summed E-state index contributed by atoms with van der Waals surface area (Å²) in [5.74, 6) is 0.0850. The molecule has 1 aromatic rings. The van der Waals surface area contributed by atoms with E-state index in [4.69, 9.17) is 0 Å². The minimum Gasteiger partial charge on any atom is -0.342 e. The van der Waals surface area contributed by atoms with Gasteiger partial charge in [-0.25, -0.2) is 4.79 Å². The van der Waals surface area contributed by atoms with Crippen LogP contribution in [0.1, 0.15) is 37.8 Å². The highest BCUT2D eigenvalue weighted by atomic mass is 19.4. The van der Waals surface area contributed by atoms with E-state index in [-0.39, 0.29) is 30.4 Å². The Labute approximate surface area is 150 Å². The first-order valence-electron chi connectivity index (χ1n) is 8.66. The van der Waals surface area contributed by atoms with E-state index in [1.54, 1.807) is 0 Å². The van der Waals surface area contributed by atoms with Gasteiger partial charge in [0.25, 0.3) is 0 Å². The van der Waals surface area contributed by atoms with Crippen LogP contribution >= 0.6 is 0 Å². The van der Waals surface area contributed by atoms with Crippen LogP contribution in [0.25, 0.3) is 0 Å². The molecule has 1 fully saturated rings. The van der Waals surface area contributed by atoms with Crippen molar-refractivity contribution in [3.63, 3.8) is 0 Å². The van der Waals surface area contributed by atoms with Crippen LogP contribution in [-0.2, 0) is 17.5 Å². The number of amides is 3. The number of piperidine rings is 1. The molecule has 2 N–H and O–H groups in total. The largest absolute Gasteiger partial charge is 0.416 e. The molecule has 0 aromatic heterocycles. The molecule has 2 rings (SSSR count). The van der Waals surface area contributed by atoms with Crippen molar-refractivity contribution in [2.75, 3.05) is 13.1 Å². The molecular weight excluding hydrogens is 347 g/mol. The van der Waals surface area contributed by atoms with Gasteiger partial charge < -0.3 is 15.5 Å². The zero-order valence-corrected chi connectivity index (χ0v) is 14.9. The van der Waals surface area contributed by atoms with Crippen LogP contribution in [0, 0.1) is 5.92 Å². The van der Waals surface area contributed by atoms with E-state index < -0.39 is 11.7 Å². The van der Waals surface area contributed by atoms with Gasteiger partial charge in [0.1, 0.15) is 0 Å². The minimum absolute atomic E-state index is 0.0150. The molecule has 3 amide bonds. The van der Waals surface area contributed by atoms with Gasteiger partial charge in [0.05, 0.1) is 5.56 Å². The molecule has 26 heavy (non-hydrogen) atoms. The first kappa shape index (κ1) is 20.1. The number of benzene rings is 1. The average Bonchev–Trinajstić information content (AvgIpc) is 2.59. The quantitative estimate of drug-likeness (QED) is 0.854. The average molecular weight is 371 g/mol.